The number of likely N-dealkylation sites (N-methyl/N-ethyl adjacent to an activating group) is 1. The van der Waals surface area contributed by atoms with Crippen molar-refractivity contribution in [1.29, 1.82) is 0 Å². The van der Waals surface area contributed by atoms with Crippen molar-refractivity contribution in [3.8, 4) is 17.2 Å². The highest BCUT2D eigenvalue weighted by atomic mass is 16.7. The van der Waals surface area contributed by atoms with Crippen LogP contribution < -0.4 is 19.5 Å². The van der Waals surface area contributed by atoms with Crippen molar-refractivity contribution in [3.05, 3.63) is 64.9 Å². The molecule has 8 heteroatoms. The normalized spacial score (nSPS) is 19.6. The standard InChI is InChI=1S/C23H23N3O5/c1-3-29-16-7-5-15(6-8-16)21-20-17(25(2)23(28)24-21)12-26(22(20)27)11-14-4-9-18-19(10-14)31-13-30-18/h4-10,21H,3,11-13H2,1-2H3,(H,24,28)/t21-/m0/s1. The minimum Gasteiger partial charge on any atom is -0.494 e. The third kappa shape index (κ3) is 3.34. The molecule has 0 aromatic heterocycles. The first-order chi connectivity index (χ1) is 15.0. The molecule has 31 heavy (non-hydrogen) atoms. The molecule has 2 aromatic carbocycles. The van der Waals surface area contributed by atoms with Crippen LogP contribution in [-0.2, 0) is 11.3 Å². The summed E-state index contributed by atoms with van der Waals surface area (Å²) in [5.41, 5.74) is 3.12. The lowest BCUT2D eigenvalue weighted by Crippen LogP contribution is -2.45. The Labute approximate surface area is 180 Å². The predicted molar refractivity (Wildman–Crippen MR) is 112 cm³/mol. The van der Waals surface area contributed by atoms with E-state index in [9.17, 15) is 9.59 Å². The molecule has 160 valence electrons. The summed E-state index contributed by atoms with van der Waals surface area (Å²) in [4.78, 5) is 29.3. The Morgan fingerprint density at radius 3 is 2.65 bits per heavy atom. The molecular weight excluding hydrogens is 398 g/mol. The summed E-state index contributed by atoms with van der Waals surface area (Å²) in [5.74, 6) is 2.06. The Bertz CT molecular complexity index is 1080. The van der Waals surface area contributed by atoms with Gasteiger partial charge in [0.1, 0.15) is 5.75 Å². The second-order valence-corrected chi connectivity index (χ2v) is 7.65. The van der Waals surface area contributed by atoms with E-state index in [4.69, 9.17) is 14.2 Å². The molecule has 5 rings (SSSR count). The number of carbonyl (C=O) groups excluding carboxylic acids is 2. The van der Waals surface area contributed by atoms with Gasteiger partial charge in [0.05, 0.1) is 30.5 Å². The summed E-state index contributed by atoms with van der Waals surface area (Å²) >= 11 is 0. The molecule has 1 atom stereocenters. The highest BCUT2D eigenvalue weighted by Gasteiger charge is 2.42. The average molecular weight is 421 g/mol. The van der Waals surface area contributed by atoms with E-state index in [2.05, 4.69) is 5.32 Å². The van der Waals surface area contributed by atoms with E-state index >= 15 is 0 Å². The van der Waals surface area contributed by atoms with Crippen LogP contribution in [0.3, 0.4) is 0 Å². The van der Waals surface area contributed by atoms with Crippen LogP contribution in [0.1, 0.15) is 24.1 Å². The van der Waals surface area contributed by atoms with E-state index in [1.165, 1.54) is 4.90 Å². The zero-order chi connectivity index (χ0) is 21.5. The van der Waals surface area contributed by atoms with E-state index in [-0.39, 0.29) is 18.7 Å². The van der Waals surface area contributed by atoms with Crippen LogP contribution in [0.15, 0.2) is 53.7 Å². The summed E-state index contributed by atoms with van der Waals surface area (Å²) in [6.45, 7) is 3.50. The lowest BCUT2D eigenvalue weighted by atomic mass is 9.95. The van der Waals surface area contributed by atoms with Gasteiger partial charge in [0.15, 0.2) is 11.5 Å². The predicted octanol–water partition coefficient (Wildman–Crippen LogP) is 2.81. The number of nitrogens with zero attached hydrogens (tertiary/aromatic N) is 2. The number of hydrogen-bond donors (Lipinski definition) is 1. The quantitative estimate of drug-likeness (QED) is 0.803. The number of benzene rings is 2. The van der Waals surface area contributed by atoms with Crippen LogP contribution in [-0.4, -0.2) is 48.7 Å². The molecule has 1 N–H and O–H groups in total. The van der Waals surface area contributed by atoms with Crippen LogP contribution in [0, 0.1) is 0 Å². The van der Waals surface area contributed by atoms with Gasteiger partial charge in [-0.25, -0.2) is 4.79 Å². The summed E-state index contributed by atoms with van der Waals surface area (Å²) < 4.78 is 16.3. The summed E-state index contributed by atoms with van der Waals surface area (Å²) in [7, 11) is 1.69. The second-order valence-electron chi connectivity index (χ2n) is 7.65. The number of urea groups is 1. The Hall–Kier alpha value is -3.68. The first kappa shape index (κ1) is 19.3. The maximum Gasteiger partial charge on any atom is 0.322 e. The maximum absolute atomic E-state index is 13.4. The van der Waals surface area contributed by atoms with Crippen LogP contribution >= 0.6 is 0 Å². The molecule has 2 aromatic rings. The van der Waals surface area contributed by atoms with Crippen molar-refractivity contribution in [2.75, 3.05) is 27.0 Å². The third-order valence-corrected chi connectivity index (χ3v) is 5.77. The van der Waals surface area contributed by atoms with Crippen molar-refractivity contribution in [2.45, 2.75) is 19.5 Å². The molecule has 3 amide bonds. The first-order valence-electron chi connectivity index (χ1n) is 10.2. The second kappa shape index (κ2) is 7.54. The van der Waals surface area contributed by atoms with Gasteiger partial charge in [0.25, 0.3) is 5.91 Å². The number of fused-ring (bicyclic) bond motifs is 1. The van der Waals surface area contributed by atoms with Crippen molar-refractivity contribution < 1.29 is 23.8 Å². The molecule has 0 saturated carbocycles. The summed E-state index contributed by atoms with van der Waals surface area (Å²) in [6.07, 6.45) is 0. The number of nitrogens with one attached hydrogen (secondary N) is 1. The van der Waals surface area contributed by atoms with Gasteiger partial charge in [-0.2, -0.15) is 0 Å². The van der Waals surface area contributed by atoms with E-state index < -0.39 is 6.04 Å². The molecule has 0 radical (unpaired) electrons. The van der Waals surface area contributed by atoms with Crippen molar-refractivity contribution in [2.24, 2.45) is 0 Å². The summed E-state index contributed by atoms with van der Waals surface area (Å²) in [6, 6.07) is 12.4. The van der Waals surface area contributed by atoms with Gasteiger partial charge < -0.3 is 24.4 Å². The van der Waals surface area contributed by atoms with Gasteiger partial charge in [0, 0.05) is 13.6 Å². The van der Waals surface area contributed by atoms with Gasteiger partial charge in [-0.05, 0) is 42.3 Å². The fourth-order valence-electron chi connectivity index (χ4n) is 4.18. The minimum atomic E-state index is -0.497. The smallest absolute Gasteiger partial charge is 0.322 e. The van der Waals surface area contributed by atoms with Crippen molar-refractivity contribution >= 4 is 11.9 Å². The minimum absolute atomic E-state index is 0.0848. The summed E-state index contributed by atoms with van der Waals surface area (Å²) in [5, 5.41) is 2.96. The van der Waals surface area contributed by atoms with E-state index in [1.54, 1.807) is 11.9 Å². The molecule has 3 heterocycles. The largest absolute Gasteiger partial charge is 0.494 e. The number of amides is 3. The van der Waals surface area contributed by atoms with E-state index in [0.717, 1.165) is 22.6 Å². The molecule has 3 aliphatic heterocycles. The molecule has 0 fully saturated rings. The van der Waals surface area contributed by atoms with Crippen LogP contribution in [0.4, 0.5) is 4.79 Å². The zero-order valence-corrected chi connectivity index (χ0v) is 17.4. The van der Waals surface area contributed by atoms with Crippen molar-refractivity contribution in [1.82, 2.24) is 15.1 Å². The lowest BCUT2D eigenvalue weighted by molar-refractivity contribution is -0.126. The Morgan fingerprint density at radius 2 is 1.87 bits per heavy atom. The molecular formula is C23H23N3O5. The SMILES string of the molecule is CCOc1ccc([C@@H]2NC(=O)N(C)C3=C2C(=O)N(Cc2ccc4c(c2)OCO4)C3)cc1. The number of ether oxygens (including phenoxy) is 3. The lowest BCUT2D eigenvalue weighted by Gasteiger charge is -2.31. The fourth-order valence-corrected chi connectivity index (χ4v) is 4.18. The van der Waals surface area contributed by atoms with Gasteiger partial charge in [-0.15, -0.1) is 0 Å². The number of hydrogen-bond acceptors (Lipinski definition) is 5. The van der Waals surface area contributed by atoms with Gasteiger partial charge in [0.2, 0.25) is 6.79 Å². The van der Waals surface area contributed by atoms with Gasteiger partial charge in [-0.3, -0.25) is 9.69 Å². The molecule has 0 unspecified atom stereocenters. The van der Waals surface area contributed by atoms with E-state index in [0.29, 0.717) is 36.8 Å². The van der Waals surface area contributed by atoms with Crippen LogP contribution in [0.5, 0.6) is 17.2 Å². The molecule has 8 nitrogen and oxygen atoms in total. The Balaban J connectivity index is 1.41. The monoisotopic (exact) mass is 421 g/mol. The maximum atomic E-state index is 13.4. The van der Waals surface area contributed by atoms with Crippen LogP contribution in [0.2, 0.25) is 0 Å². The van der Waals surface area contributed by atoms with Gasteiger partial charge >= 0.3 is 6.03 Å². The van der Waals surface area contributed by atoms with Crippen molar-refractivity contribution in [3.63, 3.8) is 0 Å². The van der Waals surface area contributed by atoms with Gasteiger partial charge in [-0.1, -0.05) is 18.2 Å². The van der Waals surface area contributed by atoms with Crippen LogP contribution in [0.25, 0.3) is 0 Å². The highest BCUT2D eigenvalue weighted by molar-refractivity contribution is 6.01. The number of carbonyl (C=O) groups is 2. The molecule has 0 aliphatic carbocycles. The van der Waals surface area contributed by atoms with E-state index in [1.807, 2.05) is 49.4 Å². The third-order valence-electron chi connectivity index (χ3n) is 5.77. The number of rotatable bonds is 5. The topological polar surface area (TPSA) is 80.3 Å². The molecule has 3 aliphatic rings. The molecule has 0 spiro atoms. The Kier molecular flexibility index (Phi) is 4.69. The zero-order valence-electron chi connectivity index (χ0n) is 17.4. The average Bonchev–Trinajstić information content (AvgIpc) is 3.36. The molecule has 0 bridgehead atoms. The highest BCUT2D eigenvalue weighted by Crippen LogP contribution is 2.38. The molecule has 0 saturated heterocycles. The fraction of sp³-hybridized carbons (Fsp3) is 0.304. The first-order valence-corrected chi connectivity index (χ1v) is 10.2. The Morgan fingerprint density at radius 1 is 1.10 bits per heavy atom.